The molecule has 0 bridgehead atoms. The molecule has 1 fully saturated rings. The van der Waals surface area contributed by atoms with Crippen molar-refractivity contribution in [3.8, 4) is 0 Å². The van der Waals surface area contributed by atoms with Crippen molar-refractivity contribution in [2.24, 2.45) is 47.2 Å². The molecule has 2 aromatic rings. The third-order valence-corrected chi connectivity index (χ3v) is 16.2. The SMILES string of the molecule is CCC(C)[C@@H]([C@@H](CC(=O)N1CCC[C@H]1[C@H](OC)[C@@H](C)C(=O)N[C@H](C)[C@@H](O)c1ccccc1)OC)N(C)C(=O)[C@@H](CC(=O)[C@H](C(C)C)N(C)C(=O)OCc1ccc(NC(=O)[C@H](CCCNC(N)=O)CC(=O)[C@@H](NC)C(C)C)cc1)C(C)C. The van der Waals surface area contributed by atoms with Crippen LogP contribution in [0, 0.1) is 41.4 Å². The number of hydrogen-bond acceptors (Lipinski definition) is 13. The lowest BCUT2D eigenvalue weighted by atomic mass is 9.83. The maximum Gasteiger partial charge on any atom is 0.410 e. The first-order chi connectivity index (χ1) is 38.2. The Balaban J connectivity index is 1.71. The molecule has 1 heterocycles. The van der Waals surface area contributed by atoms with E-state index in [9.17, 15) is 43.5 Å². The van der Waals surface area contributed by atoms with Gasteiger partial charge in [0.15, 0.2) is 11.6 Å². The minimum absolute atomic E-state index is 0.00315. The molecule has 0 radical (unpaired) electrons. The number of methoxy groups -OCH3 is 2. The highest BCUT2D eigenvalue weighted by molar-refractivity contribution is 5.96. The zero-order valence-corrected chi connectivity index (χ0v) is 51.0. The topological polar surface area (TPSA) is 268 Å². The number of nitrogens with zero attached hydrogens (tertiary/aromatic N) is 3. The fraction of sp³-hybridized carbons (Fsp3) is 0.672. The molecule has 0 aromatic heterocycles. The highest BCUT2D eigenvalue weighted by atomic mass is 16.6. The molecular weight excluding hydrogens is 1040 g/mol. The maximum atomic E-state index is 14.8. The standard InChI is InChI=1S/C61H98N8O12/c1-16-39(8)54(50(79-14)34-51(72)69-31-21-25-47(69)56(80-15)40(9)57(74)65-41(10)55(73)43-22-18-17-19-23-43)67(12)59(76)46(36(2)3)33-49(71)53(38(6)7)68(13)61(78)81-35-42-26-28-45(29-27-42)66-58(75)44(24-20-30-64-60(62)77)32-48(70)52(63-11)37(4)5/h17-19,22-23,26-29,36-41,44,46-47,50,52-56,63,73H,16,20-21,24-25,30-35H2,1-15H3,(H,65,74)(H,66,75)(H3,62,64,77)/t39?,40-,41-,44-,46+,47+,50-,52+,53+,54+,55-,56-/m1/s1. The highest BCUT2D eigenvalue weighted by Gasteiger charge is 2.44. The third kappa shape index (κ3) is 20.2. The number of hydrogen-bond donors (Lipinski definition) is 6. The number of anilines is 1. The van der Waals surface area contributed by atoms with Crippen LogP contribution in [-0.2, 0) is 49.6 Å². The number of nitrogens with two attached hydrogens (primary N) is 1. The van der Waals surface area contributed by atoms with Gasteiger partial charge in [0.1, 0.15) is 6.61 Å². The Hall–Kier alpha value is -5.96. The number of urea groups is 1. The summed E-state index contributed by atoms with van der Waals surface area (Å²) in [6, 6.07) is 12.2. The zero-order valence-electron chi connectivity index (χ0n) is 51.0. The molecule has 1 aliphatic rings. The first-order valence-corrected chi connectivity index (χ1v) is 28.9. The van der Waals surface area contributed by atoms with Crippen molar-refractivity contribution in [3.05, 3.63) is 65.7 Å². The molecule has 0 aliphatic carbocycles. The first-order valence-electron chi connectivity index (χ1n) is 28.9. The predicted molar refractivity (Wildman–Crippen MR) is 312 cm³/mol. The van der Waals surface area contributed by atoms with Gasteiger partial charge in [-0.15, -0.1) is 0 Å². The number of likely N-dealkylation sites (N-methyl/N-ethyl adjacent to an activating group) is 3. The molecule has 20 nitrogen and oxygen atoms in total. The number of Topliss-reactive ketones (excluding diaryl/α,β-unsaturated/α-hetero) is 2. The smallest absolute Gasteiger partial charge is 0.410 e. The normalized spacial score (nSPS) is 17.6. The predicted octanol–water partition coefficient (Wildman–Crippen LogP) is 6.88. The van der Waals surface area contributed by atoms with Crippen LogP contribution in [0.15, 0.2) is 54.6 Å². The molecule has 12 atom stereocenters. The van der Waals surface area contributed by atoms with Gasteiger partial charge >= 0.3 is 12.1 Å². The summed E-state index contributed by atoms with van der Waals surface area (Å²) in [5.41, 5.74) is 6.96. The highest BCUT2D eigenvalue weighted by Crippen LogP contribution is 2.32. The van der Waals surface area contributed by atoms with Crippen molar-refractivity contribution < 1.29 is 57.7 Å². The van der Waals surface area contributed by atoms with Crippen LogP contribution in [-0.4, -0.2) is 158 Å². The van der Waals surface area contributed by atoms with E-state index in [2.05, 4.69) is 21.3 Å². The lowest BCUT2D eigenvalue weighted by Gasteiger charge is -2.41. The number of carbonyl (C=O) groups is 8. The van der Waals surface area contributed by atoms with Gasteiger partial charge in [-0.2, -0.15) is 0 Å². The number of rotatable bonds is 34. The molecule has 7 N–H and O–H groups in total. The molecule has 2 aromatic carbocycles. The molecule has 7 amide bonds. The van der Waals surface area contributed by atoms with Crippen molar-refractivity contribution in [2.75, 3.05) is 53.8 Å². The van der Waals surface area contributed by atoms with E-state index in [0.29, 0.717) is 55.5 Å². The number of nitrogens with one attached hydrogen (secondary N) is 4. The van der Waals surface area contributed by atoms with Crippen molar-refractivity contribution in [1.29, 1.82) is 0 Å². The number of aliphatic hydroxyl groups excluding tert-OH is 1. The van der Waals surface area contributed by atoms with Gasteiger partial charge in [0.2, 0.25) is 23.6 Å². The summed E-state index contributed by atoms with van der Waals surface area (Å²) in [6.07, 6.45) is -0.479. The number of benzene rings is 2. The quantitative estimate of drug-likeness (QED) is 0.0391. The summed E-state index contributed by atoms with van der Waals surface area (Å²) in [7, 11) is 7.95. The number of ketones is 2. The van der Waals surface area contributed by atoms with E-state index in [1.807, 2.05) is 73.6 Å². The number of carbonyl (C=O) groups excluding carboxylic acids is 8. The third-order valence-electron chi connectivity index (χ3n) is 16.2. The number of primary amides is 1. The fourth-order valence-electron chi connectivity index (χ4n) is 11.3. The lowest BCUT2D eigenvalue weighted by Crippen LogP contribution is -2.55. The molecule has 1 aliphatic heterocycles. The minimum atomic E-state index is -0.929. The fourth-order valence-corrected chi connectivity index (χ4v) is 11.3. The van der Waals surface area contributed by atoms with Crippen molar-refractivity contribution in [2.45, 2.75) is 176 Å². The van der Waals surface area contributed by atoms with Crippen molar-refractivity contribution >= 4 is 53.0 Å². The summed E-state index contributed by atoms with van der Waals surface area (Å²) in [6.45, 7) is 19.4. The Bertz CT molecular complexity index is 2340. The van der Waals surface area contributed by atoms with E-state index < -0.39 is 78.4 Å². The van der Waals surface area contributed by atoms with Crippen LogP contribution in [0.4, 0.5) is 15.3 Å². The zero-order chi connectivity index (χ0) is 60.8. The second-order valence-electron chi connectivity index (χ2n) is 23.1. The minimum Gasteiger partial charge on any atom is -0.445 e. The average Bonchev–Trinajstić information content (AvgIpc) is 3.99. The molecule has 20 heteroatoms. The van der Waals surface area contributed by atoms with Gasteiger partial charge in [-0.05, 0) is 86.6 Å². The number of amides is 7. The number of aliphatic hydroxyl groups is 1. The van der Waals surface area contributed by atoms with Gasteiger partial charge in [0.25, 0.3) is 0 Å². The summed E-state index contributed by atoms with van der Waals surface area (Å²) >= 11 is 0. The molecular formula is C61H98N8O12. The van der Waals surface area contributed by atoms with Crippen LogP contribution in [0.25, 0.3) is 0 Å². The van der Waals surface area contributed by atoms with E-state index in [1.54, 1.807) is 74.1 Å². The van der Waals surface area contributed by atoms with Crippen LogP contribution in [0.2, 0.25) is 0 Å². The Morgan fingerprint density at radius 1 is 0.790 bits per heavy atom. The molecule has 3 rings (SSSR count). The molecule has 1 unspecified atom stereocenters. The van der Waals surface area contributed by atoms with Crippen molar-refractivity contribution in [3.63, 3.8) is 0 Å². The Morgan fingerprint density at radius 2 is 1.43 bits per heavy atom. The Kier molecular flexibility index (Phi) is 29.0. The summed E-state index contributed by atoms with van der Waals surface area (Å²) in [5.74, 6) is -4.39. The summed E-state index contributed by atoms with van der Waals surface area (Å²) in [5, 5.41) is 22.3. The average molecular weight is 1140 g/mol. The molecule has 454 valence electrons. The van der Waals surface area contributed by atoms with Crippen LogP contribution in [0.1, 0.15) is 138 Å². The summed E-state index contributed by atoms with van der Waals surface area (Å²) in [4.78, 5) is 114. The van der Waals surface area contributed by atoms with Crippen LogP contribution in [0.5, 0.6) is 0 Å². The molecule has 0 spiro atoms. The first kappa shape index (κ1) is 69.3. The largest absolute Gasteiger partial charge is 0.445 e. The van der Waals surface area contributed by atoms with Gasteiger partial charge in [-0.25, -0.2) is 9.59 Å². The molecule has 81 heavy (non-hydrogen) atoms. The van der Waals surface area contributed by atoms with Crippen LogP contribution in [0.3, 0.4) is 0 Å². The van der Waals surface area contributed by atoms with E-state index in [4.69, 9.17) is 19.9 Å². The van der Waals surface area contributed by atoms with Crippen LogP contribution >= 0.6 is 0 Å². The van der Waals surface area contributed by atoms with E-state index in [1.165, 1.54) is 26.2 Å². The Labute approximate surface area is 482 Å². The Morgan fingerprint density at radius 3 is 1.98 bits per heavy atom. The van der Waals surface area contributed by atoms with E-state index in [0.717, 1.165) is 0 Å². The van der Waals surface area contributed by atoms with Crippen LogP contribution < -0.4 is 27.0 Å². The van der Waals surface area contributed by atoms with Crippen molar-refractivity contribution in [1.82, 2.24) is 30.7 Å². The van der Waals surface area contributed by atoms with Gasteiger partial charge in [-0.1, -0.05) is 111 Å². The van der Waals surface area contributed by atoms with Gasteiger partial charge in [0.05, 0.1) is 60.9 Å². The second-order valence-corrected chi connectivity index (χ2v) is 23.1. The summed E-state index contributed by atoms with van der Waals surface area (Å²) < 4.78 is 17.8. The number of likely N-dealkylation sites (tertiary alicyclic amines) is 1. The molecule has 1 saturated heterocycles. The maximum absolute atomic E-state index is 14.8. The molecule has 0 saturated carbocycles. The van der Waals surface area contributed by atoms with E-state index in [-0.39, 0.29) is 91.3 Å². The number of ether oxygens (including phenoxy) is 3. The van der Waals surface area contributed by atoms with Gasteiger partial charge in [0, 0.05) is 71.8 Å². The van der Waals surface area contributed by atoms with E-state index >= 15 is 0 Å². The second kappa shape index (κ2) is 33.8. The lowest BCUT2D eigenvalue weighted by molar-refractivity contribution is -0.149. The van der Waals surface area contributed by atoms with Gasteiger partial charge < -0.3 is 61.0 Å². The van der Waals surface area contributed by atoms with Gasteiger partial charge in [-0.3, -0.25) is 28.8 Å². The monoisotopic (exact) mass is 1130 g/mol.